The van der Waals surface area contributed by atoms with Crippen molar-refractivity contribution in [3.8, 4) is 0 Å². The van der Waals surface area contributed by atoms with E-state index in [1.165, 1.54) is 0 Å². The Morgan fingerprint density at radius 2 is 2.43 bits per heavy atom. The summed E-state index contributed by atoms with van der Waals surface area (Å²) in [4.78, 5) is 3.85. The Kier molecular flexibility index (Phi) is 4.92. The van der Waals surface area contributed by atoms with Crippen LogP contribution in [-0.2, 0) is 0 Å². The number of nitrogens with one attached hydrogen (secondary N) is 1. The fraction of sp³-hybridized carbons (Fsp3) is 0.667. The predicted octanol–water partition coefficient (Wildman–Crippen LogP) is -1.05. The molecular formula is C3H9N3O. The van der Waals surface area contributed by atoms with Gasteiger partial charge in [0.25, 0.3) is 0 Å². The highest BCUT2D eigenvalue weighted by Gasteiger charge is 1.82. The lowest BCUT2D eigenvalue weighted by molar-refractivity contribution is 0.311. The van der Waals surface area contributed by atoms with Crippen LogP contribution in [0.2, 0.25) is 0 Å². The van der Waals surface area contributed by atoms with Gasteiger partial charge in [-0.3, -0.25) is 4.99 Å². The molecule has 1 aliphatic heterocycles. The van der Waals surface area contributed by atoms with E-state index in [-0.39, 0.29) is 0 Å². The molecule has 0 saturated carbocycles. The molecule has 0 radical (unpaired) electrons. The highest BCUT2D eigenvalue weighted by molar-refractivity contribution is 5.56. The summed E-state index contributed by atoms with van der Waals surface area (Å²) in [7, 11) is 0. The number of hydrogen-bond donors (Lipinski definition) is 3. The molecule has 0 bridgehead atoms. The molecule has 0 fully saturated rings. The van der Waals surface area contributed by atoms with Gasteiger partial charge in [0.2, 0.25) is 0 Å². The average Bonchev–Trinajstić information content (AvgIpc) is 2.23. The molecule has 0 atom stereocenters. The van der Waals surface area contributed by atoms with Gasteiger partial charge >= 0.3 is 0 Å². The third kappa shape index (κ3) is 3.21. The summed E-state index contributed by atoms with van der Waals surface area (Å²) in [6, 6.07) is 0. The van der Waals surface area contributed by atoms with E-state index in [4.69, 9.17) is 5.21 Å². The Labute approximate surface area is 42.0 Å². The average molecular weight is 103 g/mol. The maximum Gasteiger partial charge on any atom is 0.0825 e. The molecule has 0 aliphatic carbocycles. The van der Waals surface area contributed by atoms with Crippen molar-refractivity contribution in [2.45, 2.75) is 0 Å². The Morgan fingerprint density at radius 1 is 1.71 bits per heavy atom. The highest BCUT2D eigenvalue weighted by atomic mass is 16.4. The normalized spacial score (nSPS) is 14.6. The van der Waals surface area contributed by atoms with Gasteiger partial charge in [-0.2, -0.15) is 0 Å². The lowest BCUT2D eigenvalue weighted by Crippen LogP contribution is -2.04. The third-order valence-corrected chi connectivity index (χ3v) is 0.568. The van der Waals surface area contributed by atoms with Gasteiger partial charge in [-0.25, -0.2) is 5.90 Å². The summed E-state index contributed by atoms with van der Waals surface area (Å²) in [5.41, 5.74) is 0. The number of hydrogen-bond acceptors (Lipinski definition) is 4. The number of aliphatic imine (C=N–C) groups is 1. The van der Waals surface area contributed by atoms with Crippen molar-refractivity contribution in [3.05, 3.63) is 0 Å². The molecule has 0 saturated heterocycles. The first-order chi connectivity index (χ1) is 3.50. The Bertz CT molecular complexity index is 48.1. The largest absolute Gasteiger partial charge is 0.375 e. The minimum atomic E-state index is 0.958. The topological polar surface area (TPSA) is 70.6 Å². The van der Waals surface area contributed by atoms with Gasteiger partial charge in [0, 0.05) is 6.54 Å². The standard InChI is InChI=1S/C3H6N2.H3NO/c1-2-5-3-4-1;1-2/h3H,1-2H2,(H,4,5);2H,1H2. The molecule has 4 nitrogen and oxygen atoms in total. The van der Waals surface area contributed by atoms with E-state index in [1.807, 2.05) is 0 Å². The summed E-state index contributed by atoms with van der Waals surface area (Å²) in [6.07, 6.45) is 1.74. The highest BCUT2D eigenvalue weighted by Crippen LogP contribution is 1.68. The maximum absolute atomic E-state index is 6.50. The van der Waals surface area contributed by atoms with Crippen LogP contribution in [-0.4, -0.2) is 24.6 Å². The van der Waals surface area contributed by atoms with Crippen molar-refractivity contribution >= 4 is 6.34 Å². The van der Waals surface area contributed by atoms with Crippen LogP contribution >= 0.6 is 0 Å². The lowest BCUT2D eigenvalue weighted by atomic mass is 10.7. The molecule has 1 aliphatic rings. The summed E-state index contributed by atoms with van der Waals surface area (Å²) < 4.78 is 0. The van der Waals surface area contributed by atoms with E-state index in [0.29, 0.717) is 0 Å². The van der Waals surface area contributed by atoms with Crippen LogP contribution in [0.3, 0.4) is 0 Å². The fourth-order valence-corrected chi connectivity index (χ4v) is 0.323. The van der Waals surface area contributed by atoms with Gasteiger partial charge < -0.3 is 10.5 Å². The molecule has 4 heteroatoms. The first-order valence-electron chi connectivity index (χ1n) is 1.97. The molecule has 1 rings (SSSR count). The zero-order valence-electron chi connectivity index (χ0n) is 3.96. The van der Waals surface area contributed by atoms with Gasteiger partial charge in [0.05, 0.1) is 12.9 Å². The van der Waals surface area contributed by atoms with Crippen LogP contribution in [0.4, 0.5) is 0 Å². The maximum atomic E-state index is 6.50. The zero-order valence-corrected chi connectivity index (χ0v) is 3.96. The quantitative estimate of drug-likeness (QED) is 0.343. The van der Waals surface area contributed by atoms with Gasteiger partial charge in [0.15, 0.2) is 0 Å². The van der Waals surface area contributed by atoms with E-state index in [2.05, 4.69) is 16.2 Å². The minimum Gasteiger partial charge on any atom is -0.375 e. The lowest BCUT2D eigenvalue weighted by Gasteiger charge is -1.75. The summed E-state index contributed by atoms with van der Waals surface area (Å²) in [6.45, 7) is 1.99. The molecule has 7 heavy (non-hydrogen) atoms. The van der Waals surface area contributed by atoms with Crippen LogP contribution < -0.4 is 11.2 Å². The van der Waals surface area contributed by atoms with Crippen molar-refractivity contribution < 1.29 is 5.21 Å². The summed E-state index contributed by atoms with van der Waals surface area (Å²) in [5.74, 6) is 3.50. The molecule has 0 amide bonds. The van der Waals surface area contributed by atoms with Gasteiger partial charge in [0.1, 0.15) is 0 Å². The first-order valence-corrected chi connectivity index (χ1v) is 1.97. The Balaban J connectivity index is 0.000000162. The monoisotopic (exact) mass is 103 g/mol. The second-order valence-electron chi connectivity index (χ2n) is 0.989. The van der Waals surface area contributed by atoms with E-state index in [9.17, 15) is 0 Å². The number of rotatable bonds is 0. The van der Waals surface area contributed by atoms with E-state index in [1.54, 1.807) is 6.34 Å². The van der Waals surface area contributed by atoms with Crippen molar-refractivity contribution in [2.75, 3.05) is 13.1 Å². The van der Waals surface area contributed by atoms with Crippen LogP contribution in [0, 0.1) is 0 Å². The van der Waals surface area contributed by atoms with Crippen molar-refractivity contribution in [1.29, 1.82) is 0 Å². The predicted molar refractivity (Wildman–Crippen MR) is 27.3 cm³/mol. The zero-order chi connectivity index (χ0) is 5.54. The first kappa shape index (κ1) is 6.39. The van der Waals surface area contributed by atoms with E-state index in [0.717, 1.165) is 13.1 Å². The van der Waals surface area contributed by atoms with Crippen LogP contribution in [0.5, 0.6) is 0 Å². The van der Waals surface area contributed by atoms with Crippen LogP contribution in [0.15, 0.2) is 4.99 Å². The van der Waals surface area contributed by atoms with Gasteiger partial charge in [-0.1, -0.05) is 0 Å². The summed E-state index contributed by atoms with van der Waals surface area (Å²) >= 11 is 0. The number of nitrogens with zero attached hydrogens (tertiary/aromatic N) is 1. The van der Waals surface area contributed by atoms with Crippen LogP contribution in [0.1, 0.15) is 0 Å². The second-order valence-corrected chi connectivity index (χ2v) is 0.989. The van der Waals surface area contributed by atoms with E-state index >= 15 is 0 Å². The SMILES string of the molecule is C1=NCCN1.NO. The van der Waals surface area contributed by atoms with Crippen molar-refractivity contribution in [3.63, 3.8) is 0 Å². The summed E-state index contributed by atoms with van der Waals surface area (Å²) in [5, 5.41) is 9.43. The smallest absolute Gasteiger partial charge is 0.0825 e. The second kappa shape index (κ2) is 5.39. The molecule has 4 N–H and O–H groups in total. The van der Waals surface area contributed by atoms with Crippen molar-refractivity contribution in [1.82, 2.24) is 5.32 Å². The molecular weight excluding hydrogens is 94.1 g/mol. The Morgan fingerprint density at radius 3 is 2.57 bits per heavy atom. The fourth-order valence-electron chi connectivity index (χ4n) is 0.323. The molecule has 0 aromatic carbocycles. The third-order valence-electron chi connectivity index (χ3n) is 0.568. The van der Waals surface area contributed by atoms with Gasteiger partial charge in [-0.15, -0.1) is 0 Å². The molecule has 0 aromatic heterocycles. The van der Waals surface area contributed by atoms with Crippen molar-refractivity contribution in [2.24, 2.45) is 10.9 Å². The molecule has 0 spiro atoms. The minimum absolute atomic E-state index is 0.958. The van der Waals surface area contributed by atoms with Crippen LogP contribution in [0.25, 0.3) is 0 Å². The van der Waals surface area contributed by atoms with E-state index < -0.39 is 0 Å². The molecule has 0 unspecified atom stereocenters. The number of nitrogens with two attached hydrogens (primary N) is 1. The Hall–Kier alpha value is -0.610. The molecule has 1 heterocycles. The molecule has 0 aromatic rings. The van der Waals surface area contributed by atoms with Gasteiger partial charge in [-0.05, 0) is 0 Å². The molecule has 42 valence electrons.